The van der Waals surface area contributed by atoms with Crippen molar-refractivity contribution in [3.8, 4) is 5.75 Å². The first-order chi connectivity index (χ1) is 7.25. The van der Waals surface area contributed by atoms with Gasteiger partial charge in [-0.25, -0.2) is 0 Å². The van der Waals surface area contributed by atoms with E-state index in [4.69, 9.17) is 4.74 Å². The van der Waals surface area contributed by atoms with Crippen LogP contribution in [0.5, 0.6) is 5.75 Å². The number of aromatic hydroxyl groups is 1. The van der Waals surface area contributed by atoms with Crippen LogP contribution in [0.2, 0.25) is 0 Å². The quantitative estimate of drug-likeness (QED) is 0.746. The molecule has 0 bridgehead atoms. The van der Waals surface area contributed by atoms with Gasteiger partial charge in [0.2, 0.25) is 0 Å². The molecule has 0 saturated carbocycles. The summed E-state index contributed by atoms with van der Waals surface area (Å²) in [6, 6.07) is 7.21. The van der Waals surface area contributed by atoms with Gasteiger partial charge in [0.15, 0.2) is 0 Å². The van der Waals surface area contributed by atoms with Crippen LogP contribution < -0.4 is 0 Å². The van der Waals surface area contributed by atoms with Gasteiger partial charge >= 0.3 is 0 Å². The Hall–Kier alpha value is -1.10. The lowest BCUT2D eigenvalue weighted by Gasteiger charge is -2.30. The van der Waals surface area contributed by atoms with Crippen LogP contribution >= 0.6 is 0 Å². The maximum absolute atomic E-state index is 9.58. The fourth-order valence-electron chi connectivity index (χ4n) is 1.72. The molecule has 1 aliphatic heterocycles. The number of phenols is 1. The molecule has 2 N–H and O–H groups in total. The Morgan fingerprint density at radius 1 is 1.40 bits per heavy atom. The lowest BCUT2D eigenvalue weighted by atomic mass is 10.2. The van der Waals surface area contributed by atoms with Gasteiger partial charge in [0.1, 0.15) is 5.75 Å². The Bertz CT molecular complexity index is 329. The van der Waals surface area contributed by atoms with Crippen LogP contribution in [0, 0.1) is 0 Å². The highest BCUT2D eigenvalue weighted by molar-refractivity contribution is 5.31. The molecule has 0 aliphatic carbocycles. The molecule has 82 valence electrons. The average molecular weight is 209 g/mol. The maximum Gasteiger partial charge on any atom is 0.120 e. The molecule has 0 amide bonds. The number of hydrogen-bond donors (Lipinski definition) is 2. The zero-order valence-corrected chi connectivity index (χ0v) is 8.47. The van der Waals surface area contributed by atoms with E-state index in [1.807, 2.05) is 17.0 Å². The summed E-state index contributed by atoms with van der Waals surface area (Å²) in [7, 11) is 0. The van der Waals surface area contributed by atoms with Crippen molar-refractivity contribution in [2.24, 2.45) is 0 Å². The summed E-state index contributed by atoms with van der Waals surface area (Å²) in [5.41, 5.74) is 0.857. The zero-order valence-electron chi connectivity index (χ0n) is 8.47. The maximum atomic E-state index is 9.58. The van der Waals surface area contributed by atoms with E-state index in [1.165, 1.54) is 0 Å². The minimum absolute atomic E-state index is 0.289. The number of β-amino-alcohol motifs (C(OH)–C–C–N with tert-alkyl or cyclic N) is 1. The molecule has 1 fully saturated rings. The van der Waals surface area contributed by atoms with Crippen LogP contribution in [-0.4, -0.2) is 41.1 Å². The van der Waals surface area contributed by atoms with Crippen molar-refractivity contribution in [2.45, 2.75) is 12.6 Å². The number of nitrogens with zero attached hydrogens (tertiary/aromatic N) is 1. The number of para-hydroxylation sites is 1. The SMILES string of the molecule is Oc1ccccc1CN1COCC(O)C1. The Kier molecular flexibility index (Phi) is 3.20. The molecule has 15 heavy (non-hydrogen) atoms. The van der Waals surface area contributed by atoms with Crippen LogP contribution in [0.25, 0.3) is 0 Å². The fourth-order valence-corrected chi connectivity index (χ4v) is 1.72. The van der Waals surface area contributed by atoms with E-state index in [0.29, 0.717) is 26.4 Å². The van der Waals surface area contributed by atoms with Crippen LogP contribution in [0.15, 0.2) is 24.3 Å². The molecular formula is C11H15NO3. The molecule has 1 aliphatic rings. The molecule has 1 unspecified atom stereocenters. The third-order valence-electron chi connectivity index (χ3n) is 2.44. The first-order valence-corrected chi connectivity index (χ1v) is 5.01. The number of ether oxygens (including phenoxy) is 1. The largest absolute Gasteiger partial charge is 0.508 e. The van der Waals surface area contributed by atoms with Gasteiger partial charge in [0, 0.05) is 18.7 Å². The summed E-state index contributed by atoms with van der Waals surface area (Å²) in [6.07, 6.45) is -0.426. The molecule has 2 rings (SSSR count). The third kappa shape index (κ3) is 2.68. The van der Waals surface area contributed by atoms with Crippen molar-refractivity contribution >= 4 is 0 Å². The van der Waals surface area contributed by atoms with Crippen molar-refractivity contribution in [2.75, 3.05) is 19.9 Å². The van der Waals surface area contributed by atoms with Gasteiger partial charge in [-0.3, -0.25) is 4.90 Å². The van der Waals surface area contributed by atoms with Gasteiger partial charge < -0.3 is 14.9 Å². The second kappa shape index (κ2) is 4.61. The van der Waals surface area contributed by atoms with E-state index in [-0.39, 0.29) is 5.75 Å². The molecule has 0 spiro atoms. The Labute approximate surface area is 88.7 Å². The fraction of sp³-hybridized carbons (Fsp3) is 0.455. The van der Waals surface area contributed by atoms with Crippen molar-refractivity contribution < 1.29 is 14.9 Å². The van der Waals surface area contributed by atoms with E-state index in [2.05, 4.69) is 0 Å². The highest BCUT2D eigenvalue weighted by Crippen LogP contribution is 2.18. The summed E-state index contributed by atoms with van der Waals surface area (Å²) in [5, 5.41) is 19.0. The van der Waals surface area contributed by atoms with Gasteiger partial charge in [-0.2, -0.15) is 0 Å². The number of benzene rings is 1. The summed E-state index contributed by atoms with van der Waals surface area (Å²) < 4.78 is 5.20. The van der Waals surface area contributed by atoms with Crippen molar-refractivity contribution in [1.82, 2.24) is 4.90 Å². The normalized spacial score (nSPS) is 22.9. The van der Waals surface area contributed by atoms with Gasteiger partial charge in [-0.15, -0.1) is 0 Å². The number of rotatable bonds is 2. The Balaban J connectivity index is 1.99. The van der Waals surface area contributed by atoms with E-state index in [1.54, 1.807) is 12.1 Å². The first kappa shape index (κ1) is 10.4. The molecule has 0 radical (unpaired) electrons. The number of phenolic OH excluding ortho intramolecular Hbond substituents is 1. The number of aliphatic hydroxyl groups is 1. The minimum Gasteiger partial charge on any atom is -0.508 e. The molecule has 1 heterocycles. The minimum atomic E-state index is -0.426. The average Bonchev–Trinajstić information content (AvgIpc) is 2.22. The smallest absolute Gasteiger partial charge is 0.120 e. The van der Waals surface area contributed by atoms with Gasteiger partial charge in [0.25, 0.3) is 0 Å². The summed E-state index contributed by atoms with van der Waals surface area (Å²) in [6.45, 7) is 2.10. The van der Waals surface area contributed by atoms with E-state index in [9.17, 15) is 10.2 Å². The van der Waals surface area contributed by atoms with E-state index in [0.717, 1.165) is 5.56 Å². The molecule has 4 heteroatoms. The lowest BCUT2D eigenvalue weighted by Crippen LogP contribution is -2.41. The predicted octanol–water partition coefficient (Wildman–Crippen LogP) is 0.543. The molecule has 1 atom stereocenters. The topological polar surface area (TPSA) is 52.9 Å². The van der Waals surface area contributed by atoms with Crippen LogP contribution in [0.3, 0.4) is 0 Å². The van der Waals surface area contributed by atoms with Crippen molar-refractivity contribution in [3.63, 3.8) is 0 Å². The predicted molar refractivity (Wildman–Crippen MR) is 55.3 cm³/mol. The zero-order chi connectivity index (χ0) is 10.7. The second-order valence-electron chi connectivity index (χ2n) is 3.79. The number of aliphatic hydroxyl groups excluding tert-OH is 1. The molecular weight excluding hydrogens is 194 g/mol. The Morgan fingerprint density at radius 2 is 2.20 bits per heavy atom. The molecule has 1 aromatic carbocycles. The number of hydrogen-bond acceptors (Lipinski definition) is 4. The van der Waals surface area contributed by atoms with Gasteiger partial charge in [0.05, 0.1) is 19.4 Å². The van der Waals surface area contributed by atoms with E-state index < -0.39 is 6.10 Å². The second-order valence-corrected chi connectivity index (χ2v) is 3.79. The van der Waals surface area contributed by atoms with Crippen molar-refractivity contribution in [1.29, 1.82) is 0 Å². The Morgan fingerprint density at radius 3 is 2.93 bits per heavy atom. The van der Waals surface area contributed by atoms with Crippen LogP contribution in [0.1, 0.15) is 5.56 Å². The summed E-state index contributed by atoms with van der Waals surface area (Å²) in [5.74, 6) is 0.289. The molecule has 1 aromatic rings. The standard InChI is InChI=1S/C11H15NO3/c13-10-6-12(8-15-7-10)5-9-3-1-2-4-11(9)14/h1-4,10,13-14H,5-8H2. The lowest BCUT2D eigenvalue weighted by molar-refractivity contribution is -0.0851. The highest BCUT2D eigenvalue weighted by Gasteiger charge is 2.18. The van der Waals surface area contributed by atoms with Crippen LogP contribution in [0.4, 0.5) is 0 Å². The summed E-state index contributed by atoms with van der Waals surface area (Å²) >= 11 is 0. The summed E-state index contributed by atoms with van der Waals surface area (Å²) in [4.78, 5) is 1.96. The van der Waals surface area contributed by atoms with E-state index >= 15 is 0 Å². The molecule has 4 nitrogen and oxygen atoms in total. The molecule has 0 aromatic heterocycles. The highest BCUT2D eigenvalue weighted by atomic mass is 16.5. The molecule has 1 saturated heterocycles. The third-order valence-corrected chi connectivity index (χ3v) is 2.44. The first-order valence-electron chi connectivity index (χ1n) is 5.01. The van der Waals surface area contributed by atoms with Gasteiger partial charge in [-0.05, 0) is 6.07 Å². The van der Waals surface area contributed by atoms with Crippen molar-refractivity contribution in [3.05, 3.63) is 29.8 Å². The van der Waals surface area contributed by atoms with Crippen LogP contribution in [-0.2, 0) is 11.3 Å². The monoisotopic (exact) mass is 209 g/mol. The van der Waals surface area contributed by atoms with Gasteiger partial charge in [-0.1, -0.05) is 18.2 Å².